The lowest BCUT2D eigenvalue weighted by atomic mass is 10.00. The van der Waals surface area contributed by atoms with Gasteiger partial charge in [0.2, 0.25) is 0 Å². The summed E-state index contributed by atoms with van der Waals surface area (Å²) < 4.78 is 7.59. The van der Waals surface area contributed by atoms with Crippen LogP contribution in [0.3, 0.4) is 0 Å². The molecule has 0 atom stereocenters. The Balaban J connectivity index is 1.09. The van der Waals surface area contributed by atoms with Crippen molar-refractivity contribution in [2.75, 3.05) is 0 Å². The molecule has 3 aromatic heterocycles. The molecule has 266 valence electrons. The molecule has 0 saturated carbocycles. The molecule has 0 bridgehead atoms. The van der Waals surface area contributed by atoms with E-state index in [0.29, 0.717) is 0 Å². The number of thiophene rings is 1. The van der Waals surface area contributed by atoms with Gasteiger partial charge >= 0.3 is 0 Å². The first-order valence-corrected chi connectivity index (χ1v) is 20.3. The van der Waals surface area contributed by atoms with Gasteiger partial charge in [-0.3, -0.25) is 0 Å². The van der Waals surface area contributed by atoms with Crippen LogP contribution >= 0.6 is 11.3 Å². The normalized spacial score (nSPS) is 11.9. The van der Waals surface area contributed by atoms with Gasteiger partial charge in [-0.25, -0.2) is 0 Å². The molecule has 0 N–H and O–H groups in total. The second-order valence-corrected chi connectivity index (χ2v) is 16.0. The van der Waals surface area contributed by atoms with Crippen LogP contribution in [0.25, 0.3) is 109 Å². The molecule has 57 heavy (non-hydrogen) atoms. The lowest BCUT2D eigenvalue weighted by Gasteiger charge is -2.13. The van der Waals surface area contributed by atoms with Crippen LogP contribution in [0.1, 0.15) is 0 Å². The van der Waals surface area contributed by atoms with Gasteiger partial charge < -0.3 is 9.13 Å². The van der Waals surface area contributed by atoms with E-state index in [1.807, 2.05) is 11.3 Å². The Labute approximate surface area is 333 Å². The topological polar surface area (TPSA) is 9.86 Å². The summed E-state index contributed by atoms with van der Waals surface area (Å²) in [6.45, 7) is 0. The first-order valence-electron chi connectivity index (χ1n) is 19.5. The molecule has 0 fully saturated rings. The van der Waals surface area contributed by atoms with Crippen LogP contribution in [0.4, 0.5) is 0 Å². The van der Waals surface area contributed by atoms with Gasteiger partial charge in [-0.1, -0.05) is 152 Å². The molecule has 0 amide bonds. The predicted octanol–water partition coefficient (Wildman–Crippen LogP) is 15.2. The maximum atomic E-state index is 2.49. The summed E-state index contributed by atoms with van der Waals surface area (Å²) in [6.07, 6.45) is 0. The zero-order chi connectivity index (χ0) is 37.5. The third-order valence-corrected chi connectivity index (χ3v) is 12.9. The average molecular weight is 743 g/mol. The van der Waals surface area contributed by atoms with Gasteiger partial charge in [0.15, 0.2) is 0 Å². The number of benzene rings is 9. The van der Waals surface area contributed by atoms with Gasteiger partial charge in [-0.05, 0) is 82.4 Å². The van der Waals surface area contributed by atoms with Crippen LogP contribution in [-0.2, 0) is 0 Å². The van der Waals surface area contributed by atoms with E-state index in [9.17, 15) is 0 Å². The number of aromatic nitrogens is 2. The van der Waals surface area contributed by atoms with Crippen LogP contribution in [-0.4, -0.2) is 9.13 Å². The van der Waals surface area contributed by atoms with Crippen molar-refractivity contribution in [1.82, 2.24) is 9.13 Å². The van der Waals surface area contributed by atoms with Crippen molar-refractivity contribution in [3.8, 4) is 44.8 Å². The molecular formula is C54H34N2S. The average Bonchev–Trinajstić information content (AvgIpc) is 3.93. The lowest BCUT2D eigenvalue weighted by molar-refractivity contribution is 1.18. The second-order valence-electron chi connectivity index (χ2n) is 14.9. The molecular weight excluding hydrogens is 709 g/mol. The van der Waals surface area contributed by atoms with Crippen molar-refractivity contribution in [3.63, 3.8) is 0 Å². The van der Waals surface area contributed by atoms with Gasteiger partial charge in [0, 0.05) is 58.7 Å². The molecule has 0 aliphatic heterocycles. The first-order chi connectivity index (χ1) is 28.3. The zero-order valence-corrected chi connectivity index (χ0v) is 31.7. The first kappa shape index (κ1) is 32.1. The fraction of sp³-hybridized carbons (Fsp3) is 0. The number of hydrogen-bond acceptors (Lipinski definition) is 1. The van der Waals surface area contributed by atoms with Crippen molar-refractivity contribution < 1.29 is 0 Å². The van der Waals surface area contributed by atoms with Crippen LogP contribution in [0.5, 0.6) is 0 Å². The second kappa shape index (κ2) is 12.7. The fourth-order valence-electron chi connectivity index (χ4n) is 9.07. The summed E-state index contributed by atoms with van der Waals surface area (Å²) in [5, 5.41) is 7.57. The molecule has 12 aromatic rings. The predicted molar refractivity (Wildman–Crippen MR) is 244 cm³/mol. The summed E-state index contributed by atoms with van der Waals surface area (Å²) in [5.74, 6) is 0. The summed E-state index contributed by atoms with van der Waals surface area (Å²) in [6, 6.07) is 75.6. The Kier molecular flexibility index (Phi) is 7.13. The van der Waals surface area contributed by atoms with Gasteiger partial charge in [-0.2, -0.15) is 0 Å². The number of nitrogens with zero attached hydrogens (tertiary/aromatic N) is 2. The van der Waals surface area contributed by atoms with E-state index in [1.165, 1.54) is 103 Å². The number of hydrogen-bond donors (Lipinski definition) is 0. The summed E-state index contributed by atoms with van der Waals surface area (Å²) in [5.41, 5.74) is 14.5. The number of para-hydroxylation sites is 2. The molecule has 3 heterocycles. The molecule has 9 aromatic carbocycles. The standard InChI is InChI=1S/C54H34N2S/c1-3-14-35(15-4-1)36-26-28-37(29-27-36)39-18-13-19-40(30-39)55-49-23-10-7-20-42(49)46-34-52-47(33-51(46)55)43-21-8-11-24-50(43)56(52)41-31-45(38-16-5-2-6-17-38)54-48(32-41)44-22-9-12-25-53(44)57-54/h1-34H. The highest BCUT2D eigenvalue weighted by molar-refractivity contribution is 7.26. The molecule has 0 saturated heterocycles. The molecule has 12 rings (SSSR count). The van der Waals surface area contributed by atoms with Crippen LogP contribution < -0.4 is 0 Å². The third-order valence-electron chi connectivity index (χ3n) is 11.7. The Morgan fingerprint density at radius 2 is 0.789 bits per heavy atom. The Morgan fingerprint density at radius 1 is 0.281 bits per heavy atom. The molecule has 3 heteroatoms. The van der Waals surface area contributed by atoms with Crippen molar-refractivity contribution in [2.24, 2.45) is 0 Å². The molecule has 0 spiro atoms. The highest BCUT2D eigenvalue weighted by atomic mass is 32.1. The van der Waals surface area contributed by atoms with Crippen molar-refractivity contribution in [2.45, 2.75) is 0 Å². The minimum absolute atomic E-state index is 1.15. The molecule has 0 aliphatic carbocycles. The highest BCUT2D eigenvalue weighted by Crippen LogP contribution is 2.44. The monoisotopic (exact) mass is 742 g/mol. The molecule has 2 nitrogen and oxygen atoms in total. The lowest BCUT2D eigenvalue weighted by Crippen LogP contribution is -1.96. The number of fused-ring (bicyclic) bond motifs is 9. The van der Waals surface area contributed by atoms with Gasteiger partial charge in [0.25, 0.3) is 0 Å². The summed E-state index contributed by atoms with van der Waals surface area (Å²) in [4.78, 5) is 0. The van der Waals surface area contributed by atoms with Gasteiger partial charge in [0.1, 0.15) is 0 Å². The van der Waals surface area contributed by atoms with E-state index >= 15 is 0 Å². The van der Waals surface area contributed by atoms with Crippen molar-refractivity contribution >= 4 is 75.1 Å². The molecule has 0 radical (unpaired) electrons. The molecule has 0 aliphatic rings. The van der Waals surface area contributed by atoms with E-state index in [1.54, 1.807) is 0 Å². The summed E-state index contributed by atoms with van der Waals surface area (Å²) in [7, 11) is 0. The Morgan fingerprint density at radius 3 is 1.46 bits per heavy atom. The van der Waals surface area contributed by atoms with Crippen LogP contribution in [0.15, 0.2) is 206 Å². The maximum Gasteiger partial charge on any atom is 0.0548 e. The maximum absolute atomic E-state index is 2.49. The van der Waals surface area contributed by atoms with E-state index in [0.717, 1.165) is 5.69 Å². The van der Waals surface area contributed by atoms with Crippen molar-refractivity contribution in [3.05, 3.63) is 206 Å². The highest BCUT2D eigenvalue weighted by Gasteiger charge is 2.20. The van der Waals surface area contributed by atoms with Crippen molar-refractivity contribution in [1.29, 1.82) is 0 Å². The Bertz CT molecular complexity index is 3490. The smallest absolute Gasteiger partial charge is 0.0548 e. The summed E-state index contributed by atoms with van der Waals surface area (Å²) >= 11 is 1.89. The van der Waals surface area contributed by atoms with E-state index < -0.39 is 0 Å². The third kappa shape index (κ3) is 5.03. The van der Waals surface area contributed by atoms with E-state index in [-0.39, 0.29) is 0 Å². The zero-order valence-electron chi connectivity index (χ0n) is 30.9. The minimum atomic E-state index is 1.15. The van der Waals surface area contributed by atoms with Gasteiger partial charge in [-0.15, -0.1) is 11.3 Å². The van der Waals surface area contributed by atoms with E-state index in [2.05, 4.69) is 215 Å². The minimum Gasteiger partial charge on any atom is -0.309 e. The van der Waals surface area contributed by atoms with E-state index in [4.69, 9.17) is 0 Å². The largest absolute Gasteiger partial charge is 0.309 e. The quantitative estimate of drug-likeness (QED) is 0.166. The fourth-order valence-corrected chi connectivity index (χ4v) is 10.3. The SMILES string of the molecule is c1ccc(-c2ccc(-c3cccc(-n4c5ccccc5c5cc6c(cc54)c4ccccc4n6-c4cc(-c5ccccc5)c5sc6ccccc6c5c4)c3)cc2)cc1. The van der Waals surface area contributed by atoms with Gasteiger partial charge in [0.05, 0.1) is 22.1 Å². The number of rotatable bonds is 5. The molecule has 0 unspecified atom stereocenters. The van der Waals surface area contributed by atoms with Crippen LogP contribution in [0.2, 0.25) is 0 Å². The van der Waals surface area contributed by atoms with Crippen LogP contribution in [0, 0.1) is 0 Å². The Hall–Kier alpha value is -7.20.